The summed E-state index contributed by atoms with van der Waals surface area (Å²) in [5.41, 5.74) is 2.34. The van der Waals surface area contributed by atoms with Crippen molar-refractivity contribution in [1.29, 1.82) is 0 Å². The maximum Gasteiger partial charge on any atom is 0.243 e. The molecule has 1 aliphatic rings. The van der Waals surface area contributed by atoms with E-state index in [0.29, 0.717) is 5.95 Å². The standard InChI is InChI=1S/C17H16BrN5O/c1-24-14-4-2-3-12(9-14)16-10-15(11-5-7-13(18)8-6-11)19-17-20-21-22-23(16)17/h2-9,15-16H,10H2,1H3,(H,19,20,22)/t15-,16-/m0/s1. The van der Waals surface area contributed by atoms with Crippen LogP contribution in [-0.2, 0) is 0 Å². The van der Waals surface area contributed by atoms with Crippen molar-refractivity contribution < 1.29 is 4.74 Å². The largest absolute Gasteiger partial charge is 0.497 e. The molecule has 6 nitrogen and oxygen atoms in total. The topological polar surface area (TPSA) is 64.9 Å². The molecule has 0 bridgehead atoms. The van der Waals surface area contributed by atoms with Crippen LogP contribution in [0, 0.1) is 0 Å². The first-order valence-corrected chi connectivity index (χ1v) is 8.48. The van der Waals surface area contributed by atoms with E-state index >= 15 is 0 Å². The van der Waals surface area contributed by atoms with Crippen molar-refractivity contribution in [3.63, 3.8) is 0 Å². The molecule has 2 atom stereocenters. The Balaban J connectivity index is 1.72. The fourth-order valence-corrected chi connectivity index (χ4v) is 3.34. The number of hydrogen-bond donors (Lipinski definition) is 1. The number of anilines is 1. The summed E-state index contributed by atoms with van der Waals surface area (Å²) in [7, 11) is 1.68. The minimum absolute atomic E-state index is 0.0556. The number of nitrogens with zero attached hydrogens (tertiary/aromatic N) is 4. The van der Waals surface area contributed by atoms with Crippen LogP contribution >= 0.6 is 15.9 Å². The number of hydrogen-bond acceptors (Lipinski definition) is 5. The van der Waals surface area contributed by atoms with Crippen LogP contribution in [-0.4, -0.2) is 27.3 Å². The van der Waals surface area contributed by atoms with E-state index in [-0.39, 0.29) is 12.1 Å². The Morgan fingerprint density at radius 3 is 2.79 bits per heavy atom. The number of aromatic nitrogens is 4. The minimum Gasteiger partial charge on any atom is -0.497 e. The number of fused-ring (bicyclic) bond motifs is 1. The number of rotatable bonds is 3. The molecule has 3 aromatic rings. The quantitative estimate of drug-likeness (QED) is 0.745. The van der Waals surface area contributed by atoms with Crippen molar-refractivity contribution in [3.05, 3.63) is 64.1 Å². The Bertz CT molecular complexity index is 848. The van der Waals surface area contributed by atoms with Crippen molar-refractivity contribution in [2.24, 2.45) is 0 Å². The molecule has 0 radical (unpaired) electrons. The van der Waals surface area contributed by atoms with Crippen molar-refractivity contribution in [1.82, 2.24) is 20.2 Å². The van der Waals surface area contributed by atoms with Gasteiger partial charge in [-0.25, -0.2) is 4.68 Å². The number of benzene rings is 2. The van der Waals surface area contributed by atoms with Crippen molar-refractivity contribution >= 4 is 21.9 Å². The van der Waals surface area contributed by atoms with Crippen molar-refractivity contribution in [2.75, 3.05) is 12.4 Å². The Hall–Kier alpha value is -2.41. The molecule has 0 fully saturated rings. The van der Waals surface area contributed by atoms with Crippen LogP contribution in [0.2, 0.25) is 0 Å². The Morgan fingerprint density at radius 2 is 2.00 bits per heavy atom. The van der Waals surface area contributed by atoms with Crippen LogP contribution in [0.25, 0.3) is 0 Å². The smallest absolute Gasteiger partial charge is 0.243 e. The summed E-state index contributed by atoms with van der Waals surface area (Å²) in [5.74, 6) is 1.52. The Morgan fingerprint density at radius 1 is 1.17 bits per heavy atom. The van der Waals surface area contributed by atoms with Gasteiger partial charge in [-0.05, 0) is 52.2 Å². The molecule has 24 heavy (non-hydrogen) atoms. The summed E-state index contributed by atoms with van der Waals surface area (Å²) < 4.78 is 8.26. The summed E-state index contributed by atoms with van der Waals surface area (Å²) in [6.07, 6.45) is 0.854. The monoisotopic (exact) mass is 385 g/mol. The molecule has 0 spiro atoms. The van der Waals surface area contributed by atoms with Gasteiger partial charge >= 0.3 is 0 Å². The zero-order valence-corrected chi connectivity index (χ0v) is 14.6. The second-order valence-electron chi connectivity index (χ2n) is 5.72. The summed E-state index contributed by atoms with van der Waals surface area (Å²) in [6, 6.07) is 16.6. The van der Waals surface area contributed by atoms with Gasteiger partial charge in [0.25, 0.3) is 0 Å². The van der Waals surface area contributed by atoms with E-state index in [4.69, 9.17) is 4.74 Å². The molecule has 7 heteroatoms. The molecule has 4 rings (SSSR count). The average Bonchev–Trinajstić information content (AvgIpc) is 3.10. The van der Waals surface area contributed by atoms with Crippen LogP contribution in [0.4, 0.5) is 5.95 Å². The van der Waals surface area contributed by atoms with Crippen LogP contribution in [0.15, 0.2) is 53.0 Å². The molecule has 0 unspecified atom stereocenters. The highest BCUT2D eigenvalue weighted by Gasteiger charge is 2.30. The first kappa shape index (κ1) is 15.1. The SMILES string of the molecule is COc1cccc([C@@H]2C[C@@H](c3ccc(Br)cc3)Nc3nnnn32)c1. The van der Waals surface area contributed by atoms with Gasteiger partial charge in [0.15, 0.2) is 0 Å². The molecule has 0 aliphatic carbocycles. The van der Waals surface area contributed by atoms with Crippen molar-refractivity contribution in [2.45, 2.75) is 18.5 Å². The number of nitrogens with one attached hydrogen (secondary N) is 1. The predicted octanol–water partition coefficient (Wildman–Crippen LogP) is 3.59. The second kappa shape index (κ2) is 6.24. The molecule has 2 aromatic carbocycles. The van der Waals surface area contributed by atoms with E-state index < -0.39 is 0 Å². The van der Waals surface area contributed by atoms with E-state index in [1.54, 1.807) is 7.11 Å². The molecule has 2 heterocycles. The fourth-order valence-electron chi connectivity index (χ4n) is 3.08. The lowest BCUT2D eigenvalue weighted by atomic mass is 9.93. The van der Waals surface area contributed by atoms with Gasteiger partial charge in [-0.2, -0.15) is 0 Å². The lowest BCUT2D eigenvalue weighted by molar-refractivity contribution is 0.404. The lowest BCUT2D eigenvalue weighted by Gasteiger charge is -2.31. The molecule has 1 aliphatic heterocycles. The third kappa shape index (κ3) is 2.75. The third-order valence-corrected chi connectivity index (χ3v) is 4.83. The van der Waals surface area contributed by atoms with Crippen molar-refractivity contribution in [3.8, 4) is 5.75 Å². The molecule has 1 N–H and O–H groups in total. The first-order valence-electron chi connectivity index (χ1n) is 7.68. The summed E-state index contributed by atoms with van der Waals surface area (Å²) in [6.45, 7) is 0. The van der Waals surface area contributed by atoms with Crippen LogP contribution < -0.4 is 10.1 Å². The number of ether oxygens (including phenoxy) is 1. The molecule has 1 aromatic heterocycles. The van der Waals surface area contributed by atoms with Gasteiger partial charge in [0, 0.05) is 4.47 Å². The molecule has 122 valence electrons. The van der Waals surface area contributed by atoms with E-state index in [1.807, 2.05) is 22.9 Å². The van der Waals surface area contributed by atoms with Gasteiger partial charge in [0.2, 0.25) is 5.95 Å². The average molecular weight is 386 g/mol. The zero-order chi connectivity index (χ0) is 16.5. The Kier molecular flexibility index (Phi) is 3.93. The van der Waals surface area contributed by atoms with Crippen LogP contribution in [0.3, 0.4) is 0 Å². The highest BCUT2D eigenvalue weighted by molar-refractivity contribution is 9.10. The fraction of sp³-hybridized carbons (Fsp3) is 0.235. The minimum atomic E-state index is 0.0556. The molecule has 0 amide bonds. The predicted molar refractivity (Wildman–Crippen MR) is 94.1 cm³/mol. The molecular weight excluding hydrogens is 370 g/mol. The van der Waals surface area contributed by atoms with E-state index in [1.165, 1.54) is 5.56 Å². The van der Waals surface area contributed by atoms with Gasteiger partial charge in [-0.3, -0.25) is 0 Å². The maximum absolute atomic E-state index is 5.36. The maximum atomic E-state index is 5.36. The van der Waals surface area contributed by atoms with Gasteiger partial charge in [-0.1, -0.05) is 45.3 Å². The Labute approximate surface area is 148 Å². The zero-order valence-electron chi connectivity index (χ0n) is 13.1. The molecule has 0 saturated carbocycles. The highest BCUT2D eigenvalue weighted by Crippen LogP contribution is 2.37. The number of halogens is 1. The van der Waals surface area contributed by atoms with E-state index in [9.17, 15) is 0 Å². The summed E-state index contributed by atoms with van der Waals surface area (Å²) >= 11 is 3.48. The number of methoxy groups -OCH3 is 1. The number of tetrazole rings is 1. The van der Waals surface area contributed by atoms with Gasteiger partial charge in [0.1, 0.15) is 5.75 Å². The van der Waals surface area contributed by atoms with Crippen LogP contribution in [0.5, 0.6) is 5.75 Å². The summed E-state index contributed by atoms with van der Waals surface area (Å²) in [5, 5.41) is 15.5. The summed E-state index contributed by atoms with van der Waals surface area (Å²) in [4.78, 5) is 0. The van der Waals surface area contributed by atoms with E-state index in [2.05, 4.69) is 67.1 Å². The van der Waals surface area contributed by atoms with Gasteiger partial charge in [0.05, 0.1) is 19.2 Å². The second-order valence-corrected chi connectivity index (χ2v) is 6.64. The molecular formula is C17H16BrN5O. The highest BCUT2D eigenvalue weighted by atomic mass is 79.9. The van der Waals surface area contributed by atoms with Gasteiger partial charge < -0.3 is 10.1 Å². The normalized spacial score (nSPS) is 19.4. The lowest BCUT2D eigenvalue weighted by Crippen LogP contribution is -2.28. The molecule has 0 saturated heterocycles. The van der Waals surface area contributed by atoms with Gasteiger partial charge in [-0.15, -0.1) is 0 Å². The first-order chi connectivity index (χ1) is 11.7. The third-order valence-electron chi connectivity index (χ3n) is 4.30. The van der Waals surface area contributed by atoms with Crippen LogP contribution in [0.1, 0.15) is 29.6 Å². The van der Waals surface area contributed by atoms with E-state index in [0.717, 1.165) is 22.2 Å².